The Morgan fingerprint density at radius 3 is 2.74 bits per heavy atom. The maximum absolute atomic E-state index is 12.7. The highest BCUT2D eigenvalue weighted by atomic mass is 32.1. The van der Waals surface area contributed by atoms with E-state index in [-0.39, 0.29) is 17.6 Å². The van der Waals surface area contributed by atoms with E-state index in [1.165, 1.54) is 5.56 Å². The maximum atomic E-state index is 12.7. The van der Waals surface area contributed by atoms with Gasteiger partial charge in [0.15, 0.2) is 4.77 Å². The third-order valence-electron chi connectivity index (χ3n) is 6.17. The lowest BCUT2D eigenvalue weighted by Gasteiger charge is -2.33. The van der Waals surface area contributed by atoms with E-state index in [4.69, 9.17) is 17.0 Å². The van der Waals surface area contributed by atoms with Gasteiger partial charge < -0.3 is 15.0 Å². The fraction of sp³-hybridized carbons (Fsp3) is 0.423. The fourth-order valence-electron chi connectivity index (χ4n) is 4.34. The molecule has 34 heavy (non-hydrogen) atoms. The molecule has 7 nitrogen and oxygen atoms in total. The predicted octanol–water partition coefficient (Wildman–Crippen LogP) is 3.64. The fourth-order valence-corrected chi connectivity index (χ4v) is 4.62. The Kier molecular flexibility index (Phi) is 8.62. The number of fused-ring (bicyclic) bond motifs is 1. The van der Waals surface area contributed by atoms with Gasteiger partial charge in [0.25, 0.3) is 5.56 Å². The number of hydrogen-bond acceptors (Lipinski definition) is 5. The van der Waals surface area contributed by atoms with E-state index in [2.05, 4.69) is 39.5 Å². The second-order valence-electron chi connectivity index (χ2n) is 8.76. The third kappa shape index (κ3) is 6.62. The number of amides is 1. The number of para-hydroxylation sites is 1. The first-order valence-electron chi connectivity index (χ1n) is 12.0. The average molecular weight is 481 g/mol. The molecular weight excluding hydrogens is 448 g/mol. The van der Waals surface area contributed by atoms with Gasteiger partial charge in [0, 0.05) is 39.1 Å². The number of aromatic amines is 1. The number of nitrogens with zero attached hydrogens (tertiary/aromatic N) is 2. The number of rotatable bonds is 10. The van der Waals surface area contributed by atoms with Crippen LogP contribution in [0.25, 0.3) is 10.9 Å². The summed E-state index contributed by atoms with van der Waals surface area (Å²) in [4.78, 5) is 30.5. The second-order valence-corrected chi connectivity index (χ2v) is 9.15. The van der Waals surface area contributed by atoms with Crippen molar-refractivity contribution in [3.05, 3.63) is 75.3 Å². The van der Waals surface area contributed by atoms with Crippen LogP contribution in [0.3, 0.4) is 0 Å². The summed E-state index contributed by atoms with van der Waals surface area (Å²) in [5.41, 5.74) is 1.99. The molecule has 2 N–H and O–H groups in total. The van der Waals surface area contributed by atoms with Crippen molar-refractivity contribution in [1.82, 2.24) is 19.8 Å². The van der Waals surface area contributed by atoms with Crippen LogP contribution in [0.15, 0.2) is 59.4 Å². The minimum Gasteiger partial charge on any atom is -0.374 e. The Morgan fingerprint density at radius 2 is 1.88 bits per heavy atom. The van der Waals surface area contributed by atoms with Gasteiger partial charge in [-0.15, -0.1) is 0 Å². The maximum Gasteiger partial charge on any atom is 0.262 e. The van der Waals surface area contributed by atoms with Crippen molar-refractivity contribution in [1.29, 1.82) is 0 Å². The van der Waals surface area contributed by atoms with Gasteiger partial charge in [0.2, 0.25) is 5.91 Å². The van der Waals surface area contributed by atoms with E-state index < -0.39 is 0 Å². The lowest BCUT2D eigenvalue weighted by molar-refractivity contribution is -0.122. The summed E-state index contributed by atoms with van der Waals surface area (Å²) in [5.74, 6) is 0.0453. The van der Waals surface area contributed by atoms with Crippen molar-refractivity contribution in [3.63, 3.8) is 0 Å². The van der Waals surface area contributed by atoms with Crippen LogP contribution in [0.4, 0.5) is 0 Å². The van der Waals surface area contributed by atoms with Crippen molar-refractivity contribution < 1.29 is 9.53 Å². The van der Waals surface area contributed by atoms with Crippen molar-refractivity contribution in [2.24, 2.45) is 0 Å². The molecule has 1 aliphatic rings. The van der Waals surface area contributed by atoms with Gasteiger partial charge >= 0.3 is 0 Å². The lowest BCUT2D eigenvalue weighted by Crippen LogP contribution is -2.47. The van der Waals surface area contributed by atoms with Crippen LogP contribution in [0, 0.1) is 4.77 Å². The quantitative estimate of drug-likeness (QED) is 0.342. The zero-order valence-electron chi connectivity index (χ0n) is 19.4. The summed E-state index contributed by atoms with van der Waals surface area (Å²) in [5, 5.41) is 3.66. The van der Waals surface area contributed by atoms with Gasteiger partial charge in [-0.2, -0.15) is 0 Å². The van der Waals surface area contributed by atoms with Crippen molar-refractivity contribution in [2.75, 3.05) is 26.2 Å². The van der Waals surface area contributed by atoms with Crippen LogP contribution < -0.4 is 10.9 Å². The molecule has 1 fully saturated rings. The molecule has 0 aliphatic carbocycles. The van der Waals surface area contributed by atoms with E-state index in [1.54, 1.807) is 10.6 Å². The molecule has 2 aromatic carbocycles. The Bertz CT molecular complexity index is 1210. The monoisotopic (exact) mass is 480 g/mol. The Morgan fingerprint density at radius 1 is 1.09 bits per heavy atom. The smallest absolute Gasteiger partial charge is 0.262 e. The molecule has 8 heteroatoms. The normalized spacial score (nSPS) is 16.5. The number of unbranched alkanes of at least 4 members (excludes halogenated alkanes) is 2. The zero-order valence-corrected chi connectivity index (χ0v) is 20.2. The number of benzene rings is 2. The highest BCUT2D eigenvalue weighted by Crippen LogP contribution is 2.11. The summed E-state index contributed by atoms with van der Waals surface area (Å²) >= 11 is 5.36. The molecular formula is C26H32N4O3S. The van der Waals surface area contributed by atoms with Crippen LogP contribution in [-0.4, -0.2) is 52.7 Å². The minimum absolute atomic E-state index is 0.0166. The number of H-pyrrole nitrogens is 1. The number of carbonyl (C=O) groups excluding carboxylic acids is 1. The molecule has 1 unspecified atom stereocenters. The summed E-state index contributed by atoms with van der Waals surface area (Å²) in [6.07, 6.45) is 2.91. The minimum atomic E-state index is -0.0640. The van der Waals surface area contributed by atoms with Gasteiger partial charge in [-0.3, -0.25) is 19.1 Å². The number of carbonyl (C=O) groups is 1. The number of hydrogen-bond donors (Lipinski definition) is 2. The molecule has 3 aromatic rings. The average Bonchev–Trinajstić information content (AvgIpc) is 2.85. The van der Waals surface area contributed by atoms with Crippen molar-refractivity contribution in [2.45, 2.75) is 44.9 Å². The van der Waals surface area contributed by atoms with Gasteiger partial charge in [0.05, 0.1) is 23.6 Å². The summed E-state index contributed by atoms with van der Waals surface area (Å²) in [6.45, 7) is 4.39. The van der Waals surface area contributed by atoms with Crippen LogP contribution in [-0.2, 0) is 22.6 Å². The molecule has 0 spiro atoms. The molecule has 1 aromatic heterocycles. The molecule has 1 aliphatic heterocycles. The van der Waals surface area contributed by atoms with Crippen LogP contribution in [0.1, 0.15) is 31.2 Å². The largest absolute Gasteiger partial charge is 0.374 e. The number of nitrogens with one attached hydrogen (secondary N) is 2. The number of aromatic nitrogens is 2. The first-order valence-corrected chi connectivity index (χ1v) is 12.4. The van der Waals surface area contributed by atoms with Crippen LogP contribution >= 0.6 is 12.2 Å². The molecule has 0 bridgehead atoms. The highest BCUT2D eigenvalue weighted by Gasteiger charge is 2.21. The zero-order chi connectivity index (χ0) is 23.8. The van der Waals surface area contributed by atoms with E-state index in [9.17, 15) is 9.59 Å². The number of morpholine rings is 1. The molecule has 0 saturated carbocycles. The van der Waals surface area contributed by atoms with E-state index in [1.807, 2.05) is 24.3 Å². The summed E-state index contributed by atoms with van der Waals surface area (Å²) < 4.78 is 7.89. The predicted molar refractivity (Wildman–Crippen MR) is 136 cm³/mol. The molecule has 1 saturated heterocycles. The summed E-state index contributed by atoms with van der Waals surface area (Å²) in [7, 11) is 0. The molecule has 4 rings (SSSR count). The van der Waals surface area contributed by atoms with Gasteiger partial charge in [-0.05, 0) is 42.8 Å². The van der Waals surface area contributed by atoms with Crippen molar-refractivity contribution in [3.8, 4) is 0 Å². The van der Waals surface area contributed by atoms with Crippen LogP contribution in [0.2, 0.25) is 0 Å². The third-order valence-corrected chi connectivity index (χ3v) is 6.50. The van der Waals surface area contributed by atoms with Gasteiger partial charge in [0.1, 0.15) is 0 Å². The van der Waals surface area contributed by atoms with E-state index in [0.29, 0.717) is 36.3 Å². The number of ether oxygens (including phenoxy) is 1. The van der Waals surface area contributed by atoms with E-state index >= 15 is 0 Å². The topological polar surface area (TPSA) is 79.4 Å². The SMILES string of the molecule is O=C(CCCCCn1c(=S)[nH]c2ccccc2c1=O)NCC1CN(Cc2ccccc2)CCO1. The molecule has 2 heterocycles. The summed E-state index contributed by atoms with van der Waals surface area (Å²) in [6, 6.07) is 17.8. The lowest BCUT2D eigenvalue weighted by atomic mass is 10.1. The van der Waals surface area contributed by atoms with Gasteiger partial charge in [-0.1, -0.05) is 48.9 Å². The highest BCUT2D eigenvalue weighted by molar-refractivity contribution is 7.71. The molecule has 1 atom stereocenters. The van der Waals surface area contributed by atoms with Crippen molar-refractivity contribution >= 4 is 29.0 Å². The second kappa shape index (κ2) is 12.1. The molecule has 1 amide bonds. The van der Waals surface area contributed by atoms with Gasteiger partial charge in [-0.25, -0.2) is 0 Å². The first-order chi connectivity index (χ1) is 16.6. The van der Waals surface area contributed by atoms with Crippen LogP contribution in [0.5, 0.6) is 0 Å². The first kappa shape index (κ1) is 24.3. The standard InChI is InChI=1S/C26H32N4O3S/c31-24(27-17-21-19-29(15-16-33-21)18-20-9-3-1-4-10-20)13-5-2-8-14-30-25(32)22-11-6-7-12-23(22)28-26(30)34/h1,3-4,6-7,9-12,21H,2,5,8,13-19H2,(H,27,31)(H,28,34). The Balaban J connectivity index is 1.14. The molecule has 180 valence electrons. The Hall–Kier alpha value is -2.81. The Labute approximate surface area is 204 Å². The van der Waals surface area contributed by atoms with E-state index in [0.717, 1.165) is 44.4 Å². The molecule has 0 radical (unpaired) electrons.